The molecule has 0 aliphatic heterocycles. The number of esters is 1. The number of allylic oxidation sites excluding steroid dienone is 1. The predicted molar refractivity (Wildman–Crippen MR) is 43.3 cm³/mol. The lowest BCUT2D eigenvalue weighted by molar-refractivity contribution is -0.151. The van der Waals surface area contributed by atoms with E-state index in [1.165, 1.54) is 13.2 Å². The minimum absolute atomic E-state index is 0.428. The summed E-state index contributed by atoms with van der Waals surface area (Å²) in [6.45, 7) is 0. The topological polar surface area (TPSA) is 72.5 Å². The molecule has 12 heavy (non-hydrogen) atoms. The number of ether oxygens (including phenoxy) is 1. The van der Waals surface area contributed by atoms with Gasteiger partial charge in [-0.05, 0) is 12.8 Å². The quantitative estimate of drug-likeness (QED) is 0.414. The minimum Gasteiger partial charge on any atom is -0.468 e. The monoisotopic (exact) mass is 171 g/mol. The zero-order valence-electron chi connectivity index (χ0n) is 6.99. The normalized spacial score (nSPS) is 34.8. The lowest BCUT2D eigenvalue weighted by Gasteiger charge is -2.31. The lowest BCUT2D eigenvalue weighted by atomic mass is 9.84. The second-order valence-electron chi connectivity index (χ2n) is 2.94. The van der Waals surface area contributed by atoms with E-state index in [4.69, 9.17) is 5.73 Å². The molecule has 0 heterocycles. The van der Waals surface area contributed by atoms with Crippen molar-refractivity contribution in [3.8, 4) is 0 Å². The Bertz CT molecular complexity index is 214. The Morgan fingerprint density at radius 3 is 3.00 bits per heavy atom. The molecule has 2 atom stereocenters. The molecule has 4 heteroatoms. The van der Waals surface area contributed by atoms with Crippen molar-refractivity contribution in [2.45, 2.75) is 24.5 Å². The van der Waals surface area contributed by atoms with E-state index >= 15 is 0 Å². The standard InChI is InChI=1S/C8H13NO3/c1-12-7(11)8(9)5-3-2-4-6(8)10/h2,4,6,10H,3,5,9H2,1H3/t6-,8-/m0/s1. The highest BCUT2D eigenvalue weighted by atomic mass is 16.5. The van der Waals surface area contributed by atoms with Gasteiger partial charge in [0.05, 0.1) is 7.11 Å². The van der Waals surface area contributed by atoms with E-state index < -0.39 is 17.6 Å². The maximum Gasteiger partial charge on any atom is 0.328 e. The van der Waals surface area contributed by atoms with Crippen molar-refractivity contribution in [2.24, 2.45) is 5.73 Å². The summed E-state index contributed by atoms with van der Waals surface area (Å²) in [4.78, 5) is 11.2. The smallest absolute Gasteiger partial charge is 0.328 e. The van der Waals surface area contributed by atoms with E-state index in [9.17, 15) is 9.90 Å². The third-order valence-corrected chi connectivity index (χ3v) is 2.14. The number of rotatable bonds is 1. The summed E-state index contributed by atoms with van der Waals surface area (Å²) in [6.07, 6.45) is 3.53. The first kappa shape index (κ1) is 9.22. The molecule has 1 aliphatic rings. The summed E-state index contributed by atoms with van der Waals surface area (Å²) >= 11 is 0. The fourth-order valence-corrected chi connectivity index (χ4v) is 1.28. The summed E-state index contributed by atoms with van der Waals surface area (Å²) in [6, 6.07) is 0. The van der Waals surface area contributed by atoms with E-state index in [-0.39, 0.29) is 0 Å². The maximum absolute atomic E-state index is 11.2. The summed E-state index contributed by atoms with van der Waals surface area (Å²) < 4.78 is 4.51. The molecular formula is C8H13NO3. The highest BCUT2D eigenvalue weighted by molar-refractivity contribution is 5.82. The molecule has 68 valence electrons. The molecule has 0 bridgehead atoms. The maximum atomic E-state index is 11.2. The molecule has 0 spiro atoms. The third kappa shape index (κ3) is 1.35. The highest BCUT2D eigenvalue weighted by Gasteiger charge is 2.42. The first-order chi connectivity index (χ1) is 5.61. The number of hydrogen-bond acceptors (Lipinski definition) is 4. The van der Waals surface area contributed by atoms with Gasteiger partial charge in [-0.2, -0.15) is 0 Å². The number of aliphatic hydroxyl groups is 1. The molecule has 0 aromatic carbocycles. The Balaban J connectivity index is 2.82. The van der Waals surface area contributed by atoms with Gasteiger partial charge in [0.15, 0.2) is 0 Å². The molecule has 0 saturated heterocycles. The Hall–Kier alpha value is -0.870. The van der Waals surface area contributed by atoms with Crippen LogP contribution in [0.15, 0.2) is 12.2 Å². The molecule has 3 N–H and O–H groups in total. The second kappa shape index (κ2) is 3.25. The molecule has 0 fully saturated rings. The lowest BCUT2D eigenvalue weighted by Crippen LogP contribution is -2.58. The SMILES string of the molecule is COC(=O)[C@]1(N)CCC=C[C@@H]1O. The summed E-state index contributed by atoms with van der Waals surface area (Å²) in [5, 5.41) is 9.42. The Morgan fingerprint density at radius 1 is 1.83 bits per heavy atom. The highest BCUT2D eigenvalue weighted by Crippen LogP contribution is 2.22. The van der Waals surface area contributed by atoms with Crippen LogP contribution in [0.3, 0.4) is 0 Å². The van der Waals surface area contributed by atoms with E-state index in [2.05, 4.69) is 4.74 Å². The van der Waals surface area contributed by atoms with Gasteiger partial charge in [-0.15, -0.1) is 0 Å². The van der Waals surface area contributed by atoms with Gasteiger partial charge in [0.1, 0.15) is 11.6 Å². The zero-order chi connectivity index (χ0) is 9.19. The molecule has 0 radical (unpaired) electrons. The van der Waals surface area contributed by atoms with Crippen molar-refractivity contribution in [1.29, 1.82) is 0 Å². The van der Waals surface area contributed by atoms with Crippen LogP contribution >= 0.6 is 0 Å². The Morgan fingerprint density at radius 2 is 2.50 bits per heavy atom. The number of carbonyl (C=O) groups is 1. The van der Waals surface area contributed by atoms with Gasteiger partial charge < -0.3 is 15.6 Å². The molecule has 0 aromatic heterocycles. The fraction of sp³-hybridized carbons (Fsp3) is 0.625. The predicted octanol–water partition coefficient (Wildman–Crippen LogP) is -0.432. The summed E-state index contributed by atoms with van der Waals surface area (Å²) in [7, 11) is 1.27. The van der Waals surface area contributed by atoms with Crippen LogP contribution in [-0.4, -0.2) is 29.8 Å². The summed E-state index contributed by atoms with van der Waals surface area (Å²) in [5.41, 5.74) is 4.43. The zero-order valence-corrected chi connectivity index (χ0v) is 6.99. The van der Waals surface area contributed by atoms with Crippen LogP contribution in [0.1, 0.15) is 12.8 Å². The first-order valence-corrected chi connectivity index (χ1v) is 3.83. The number of nitrogens with two attached hydrogens (primary N) is 1. The van der Waals surface area contributed by atoms with E-state index in [0.717, 1.165) is 0 Å². The van der Waals surface area contributed by atoms with E-state index in [1.807, 2.05) is 0 Å². The van der Waals surface area contributed by atoms with Crippen molar-refractivity contribution < 1.29 is 14.6 Å². The molecule has 4 nitrogen and oxygen atoms in total. The van der Waals surface area contributed by atoms with Crippen LogP contribution < -0.4 is 5.73 Å². The van der Waals surface area contributed by atoms with E-state index in [0.29, 0.717) is 12.8 Å². The third-order valence-electron chi connectivity index (χ3n) is 2.14. The van der Waals surface area contributed by atoms with Crippen molar-refractivity contribution in [1.82, 2.24) is 0 Å². The van der Waals surface area contributed by atoms with Crippen molar-refractivity contribution in [2.75, 3.05) is 7.11 Å². The van der Waals surface area contributed by atoms with Gasteiger partial charge in [0.25, 0.3) is 0 Å². The van der Waals surface area contributed by atoms with Gasteiger partial charge in [-0.1, -0.05) is 12.2 Å². The first-order valence-electron chi connectivity index (χ1n) is 3.83. The van der Waals surface area contributed by atoms with Crippen LogP contribution in [0.2, 0.25) is 0 Å². The van der Waals surface area contributed by atoms with Crippen LogP contribution in [0, 0.1) is 0 Å². The average molecular weight is 171 g/mol. The van der Waals surface area contributed by atoms with Crippen molar-refractivity contribution in [3.63, 3.8) is 0 Å². The number of aliphatic hydroxyl groups excluding tert-OH is 1. The van der Waals surface area contributed by atoms with E-state index in [1.54, 1.807) is 6.08 Å². The van der Waals surface area contributed by atoms with Gasteiger partial charge in [0.2, 0.25) is 0 Å². The Kier molecular flexibility index (Phi) is 2.49. The van der Waals surface area contributed by atoms with Gasteiger partial charge in [-0.25, -0.2) is 4.79 Å². The van der Waals surface area contributed by atoms with Gasteiger partial charge in [0, 0.05) is 0 Å². The molecule has 0 amide bonds. The molecule has 1 rings (SSSR count). The van der Waals surface area contributed by atoms with Crippen molar-refractivity contribution in [3.05, 3.63) is 12.2 Å². The van der Waals surface area contributed by atoms with Crippen LogP contribution in [0.5, 0.6) is 0 Å². The second-order valence-corrected chi connectivity index (χ2v) is 2.94. The van der Waals surface area contributed by atoms with Gasteiger partial charge >= 0.3 is 5.97 Å². The molecular weight excluding hydrogens is 158 g/mol. The van der Waals surface area contributed by atoms with Crippen LogP contribution in [0.25, 0.3) is 0 Å². The largest absolute Gasteiger partial charge is 0.468 e. The van der Waals surface area contributed by atoms with Crippen LogP contribution in [0.4, 0.5) is 0 Å². The Labute approximate surface area is 71.0 Å². The molecule has 0 aromatic rings. The summed E-state index contributed by atoms with van der Waals surface area (Å²) in [5.74, 6) is -0.556. The fourth-order valence-electron chi connectivity index (χ4n) is 1.28. The number of carbonyl (C=O) groups excluding carboxylic acids is 1. The number of methoxy groups -OCH3 is 1. The van der Waals surface area contributed by atoms with Gasteiger partial charge in [-0.3, -0.25) is 0 Å². The minimum atomic E-state index is -1.25. The van der Waals surface area contributed by atoms with Crippen molar-refractivity contribution >= 4 is 5.97 Å². The van der Waals surface area contributed by atoms with Crippen LogP contribution in [-0.2, 0) is 9.53 Å². The average Bonchev–Trinajstić information content (AvgIpc) is 2.09. The molecule has 0 unspecified atom stereocenters. The number of hydrogen-bond donors (Lipinski definition) is 2. The molecule has 1 aliphatic carbocycles. The molecule has 0 saturated carbocycles.